The standard InChI is InChI=1S/C15H21NO3/c1-10-9-11(3-8-14(10)19-2)15(18)16-12-4-6-13(17)7-5-12/h3,8-9,12-13,17H,4-7H2,1-2H3,(H,16,18). The fraction of sp³-hybridized carbons (Fsp3) is 0.533. The first-order valence-electron chi connectivity index (χ1n) is 6.73. The van der Waals surface area contributed by atoms with Crippen molar-refractivity contribution in [1.29, 1.82) is 0 Å². The topological polar surface area (TPSA) is 58.6 Å². The number of benzene rings is 1. The number of nitrogens with one attached hydrogen (secondary N) is 1. The molecule has 0 atom stereocenters. The molecule has 0 heterocycles. The molecule has 1 fully saturated rings. The van der Waals surface area contributed by atoms with Crippen LogP contribution in [0.5, 0.6) is 5.75 Å². The number of methoxy groups -OCH3 is 1. The van der Waals surface area contributed by atoms with E-state index in [1.807, 2.05) is 19.1 Å². The summed E-state index contributed by atoms with van der Waals surface area (Å²) in [6.45, 7) is 1.92. The number of ether oxygens (including phenoxy) is 1. The first kappa shape index (κ1) is 13.9. The second-order valence-corrected chi connectivity index (χ2v) is 5.16. The lowest BCUT2D eigenvalue weighted by Crippen LogP contribution is -2.38. The molecule has 0 unspecified atom stereocenters. The summed E-state index contributed by atoms with van der Waals surface area (Å²) in [5.74, 6) is 0.740. The molecule has 4 heteroatoms. The van der Waals surface area contributed by atoms with Crippen LogP contribution in [0.1, 0.15) is 41.6 Å². The van der Waals surface area contributed by atoms with Crippen LogP contribution in [0.2, 0.25) is 0 Å². The Morgan fingerprint density at radius 2 is 2.00 bits per heavy atom. The first-order chi connectivity index (χ1) is 9.10. The molecule has 0 radical (unpaired) electrons. The van der Waals surface area contributed by atoms with Gasteiger partial charge in [0.25, 0.3) is 5.91 Å². The molecule has 0 bridgehead atoms. The van der Waals surface area contributed by atoms with Crippen LogP contribution in [-0.4, -0.2) is 30.3 Å². The Balaban J connectivity index is 1.98. The summed E-state index contributed by atoms with van der Waals surface area (Å²) in [6.07, 6.45) is 3.04. The van der Waals surface area contributed by atoms with Gasteiger partial charge < -0.3 is 15.2 Å². The molecule has 2 N–H and O–H groups in total. The fourth-order valence-electron chi connectivity index (χ4n) is 2.51. The van der Waals surface area contributed by atoms with Crippen molar-refractivity contribution in [1.82, 2.24) is 5.32 Å². The average Bonchev–Trinajstić information content (AvgIpc) is 2.41. The normalized spacial score (nSPS) is 22.9. The molecule has 1 aromatic rings. The van der Waals surface area contributed by atoms with E-state index >= 15 is 0 Å². The highest BCUT2D eigenvalue weighted by molar-refractivity contribution is 5.94. The van der Waals surface area contributed by atoms with Crippen molar-refractivity contribution in [2.24, 2.45) is 0 Å². The van der Waals surface area contributed by atoms with Crippen LogP contribution < -0.4 is 10.1 Å². The van der Waals surface area contributed by atoms with Crippen molar-refractivity contribution >= 4 is 5.91 Å². The van der Waals surface area contributed by atoms with Gasteiger partial charge in [-0.3, -0.25) is 4.79 Å². The molecule has 1 aliphatic carbocycles. The number of hydrogen-bond donors (Lipinski definition) is 2. The molecule has 104 valence electrons. The molecule has 4 nitrogen and oxygen atoms in total. The zero-order valence-electron chi connectivity index (χ0n) is 11.5. The summed E-state index contributed by atoms with van der Waals surface area (Å²) < 4.78 is 5.18. The van der Waals surface area contributed by atoms with E-state index in [2.05, 4.69) is 5.32 Å². The van der Waals surface area contributed by atoms with Crippen LogP contribution in [0.25, 0.3) is 0 Å². The maximum Gasteiger partial charge on any atom is 0.251 e. The highest BCUT2D eigenvalue weighted by atomic mass is 16.5. The van der Waals surface area contributed by atoms with Gasteiger partial charge in [0.1, 0.15) is 5.75 Å². The van der Waals surface area contributed by atoms with Gasteiger partial charge in [0.05, 0.1) is 13.2 Å². The van der Waals surface area contributed by atoms with Crippen LogP contribution >= 0.6 is 0 Å². The maximum atomic E-state index is 12.1. The number of carbonyl (C=O) groups excluding carboxylic acids is 1. The van der Waals surface area contributed by atoms with Crippen LogP contribution in [0, 0.1) is 6.92 Å². The first-order valence-corrected chi connectivity index (χ1v) is 6.73. The van der Waals surface area contributed by atoms with E-state index < -0.39 is 0 Å². The van der Waals surface area contributed by atoms with Crippen molar-refractivity contribution < 1.29 is 14.6 Å². The summed E-state index contributed by atoms with van der Waals surface area (Å²) >= 11 is 0. The summed E-state index contributed by atoms with van der Waals surface area (Å²) in [7, 11) is 1.62. The van der Waals surface area contributed by atoms with E-state index in [9.17, 15) is 9.90 Å². The molecule has 0 saturated heterocycles. The van der Waals surface area contributed by atoms with Crippen molar-refractivity contribution in [3.63, 3.8) is 0 Å². The van der Waals surface area contributed by atoms with Gasteiger partial charge in [0.2, 0.25) is 0 Å². The number of rotatable bonds is 3. The zero-order valence-corrected chi connectivity index (χ0v) is 11.5. The van der Waals surface area contributed by atoms with E-state index in [0.29, 0.717) is 5.56 Å². The van der Waals surface area contributed by atoms with Gasteiger partial charge in [-0.05, 0) is 56.4 Å². The second-order valence-electron chi connectivity index (χ2n) is 5.16. The SMILES string of the molecule is COc1ccc(C(=O)NC2CCC(O)CC2)cc1C. The Labute approximate surface area is 113 Å². The summed E-state index contributed by atoms with van der Waals surface area (Å²) in [4.78, 5) is 12.1. The molecular weight excluding hydrogens is 242 g/mol. The molecule has 19 heavy (non-hydrogen) atoms. The van der Waals surface area contributed by atoms with E-state index in [4.69, 9.17) is 4.74 Å². The summed E-state index contributed by atoms with van der Waals surface area (Å²) in [5.41, 5.74) is 1.61. The second kappa shape index (κ2) is 6.06. The Kier molecular flexibility index (Phi) is 4.43. The van der Waals surface area contributed by atoms with E-state index in [1.165, 1.54) is 0 Å². The smallest absolute Gasteiger partial charge is 0.251 e. The zero-order chi connectivity index (χ0) is 13.8. The van der Waals surface area contributed by atoms with Crippen molar-refractivity contribution in [2.45, 2.75) is 44.8 Å². The van der Waals surface area contributed by atoms with E-state index in [-0.39, 0.29) is 18.1 Å². The van der Waals surface area contributed by atoms with Crippen LogP contribution in [0.4, 0.5) is 0 Å². The third kappa shape index (κ3) is 3.47. The highest BCUT2D eigenvalue weighted by Gasteiger charge is 2.21. The molecule has 1 aliphatic rings. The lowest BCUT2D eigenvalue weighted by molar-refractivity contribution is 0.0867. The maximum absolute atomic E-state index is 12.1. The minimum absolute atomic E-state index is 0.0489. The van der Waals surface area contributed by atoms with Crippen molar-refractivity contribution in [3.05, 3.63) is 29.3 Å². The van der Waals surface area contributed by atoms with E-state index in [0.717, 1.165) is 37.0 Å². The van der Waals surface area contributed by atoms with Crippen LogP contribution in [0.15, 0.2) is 18.2 Å². The van der Waals surface area contributed by atoms with Crippen LogP contribution in [0.3, 0.4) is 0 Å². The molecule has 1 amide bonds. The number of aliphatic hydroxyl groups is 1. The molecular formula is C15H21NO3. The number of amides is 1. The largest absolute Gasteiger partial charge is 0.496 e. The molecule has 1 aromatic carbocycles. The Hall–Kier alpha value is -1.55. The molecule has 2 rings (SSSR count). The third-order valence-electron chi connectivity index (χ3n) is 3.69. The molecule has 0 aromatic heterocycles. The predicted octanol–water partition coefficient (Wildman–Crippen LogP) is 2.04. The number of carbonyl (C=O) groups is 1. The van der Waals surface area contributed by atoms with Crippen LogP contribution in [-0.2, 0) is 0 Å². The minimum atomic E-state index is -0.198. The Morgan fingerprint density at radius 1 is 1.32 bits per heavy atom. The Morgan fingerprint density at radius 3 is 2.58 bits per heavy atom. The van der Waals surface area contributed by atoms with Crippen molar-refractivity contribution in [3.8, 4) is 5.75 Å². The quantitative estimate of drug-likeness (QED) is 0.877. The van der Waals surface area contributed by atoms with Gasteiger partial charge >= 0.3 is 0 Å². The third-order valence-corrected chi connectivity index (χ3v) is 3.69. The Bertz CT molecular complexity index is 451. The molecule has 0 spiro atoms. The monoisotopic (exact) mass is 263 g/mol. The summed E-state index contributed by atoms with van der Waals surface area (Å²) in [5, 5.41) is 12.5. The molecule has 1 saturated carbocycles. The van der Waals surface area contributed by atoms with Gasteiger partial charge in [-0.25, -0.2) is 0 Å². The molecule has 0 aliphatic heterocycles. The highest BCUT2D eigenvalue weighted by Crippen LogP contribution is 2.21. The summed E-state index contributed by atoms with van der Waals surface area (Å²) in [6, 6.07) is 5.61. The number of aryl methyl sites for hydroxylation is 1. The van der Waals surface area contributed by atoms with Gasteiger partial charge in [0, 0.05) is 11.6 Å². The van der Waals surface area contributed by atoms with Gasteiger partial charge in [0.15, 0.2) is 0 Å². The van der Waals surface area contributed by atoms with Gasteiger partial charge in [-0.1, -0.05) is 0 Å². The lowest BCUT2D eigenvalue weighted by Gasteiger charge is -2.26. The van der Waals surface area contributed by atoms with Crippen molar-refractivity contribution in [2.75, 3.05) is 7.11 Å². The lowest BCUT2D eigenvalue weighted by atomic mass is 9.93. The average molecular weight is 263 g/mol. The number of aliphatic hydroxyl groups excluding tert-OH is 1. The fourth-order valence-corrected chi connectivity index (χ4v) is 2.51. The van der Waals surface area contributed by atoms with Gasteiger partial charge in [-0.15, -0.1) is 0 Å². The van der Waals surface area contributed by atoms with E-state index in [1.54, 1.807) is 13.2 Å². The van der Waals surface area contributed by atoms with Gasteiger partial charge in [-0.2, -0.15) is 0 Å². The predicted molar refractivity (Wildman–Crippen MR) is 73.5 cm³/mol. The number of hydrogen-bond acceptors (Lipinski definition) is 3. The minimum Gasteiger partial charge on any atom is -0.496 e.